The van der Waals surface area contributed by atoms with E-state index in [1.165, 1.54) is 11.8 Å². The fraction of sp³-hybridized carbons (Fsp3) is 0.222. The Morgan fingerprint density at radius 1 is 1.16 bits per heavy atom. The maximum absolute atomic E-state index is 12.7. The van der Waals surface area contributed by atoms with Crippen LogP contribution in [-0.4, -0.2) is 34.4 Å². The molecule has 0 fully saturated rings. The monoisotopic (exact) mass is 338 g/mol. The van der Waals surface area contributed by atoms with E-state index in [0.717, 1.165) is 11.1 Å². The van der Waals surface area contributed by atoms with Crippen LogP contribution in [0.15, 0.2) is 53.5 Å². The number of ether oxygens (including phenoxy) is 1. The highest BCUT2D eigenvalue weighted by atomic mass is 16.5. The van der Waals surface area contributed by atoms with Gasteiger partial charge in [0.25, 0.3) is 5.56 Å². The predicted octanol–water partition coefficient (Wildman–Crippen LogP) is 1.10. The number of hydrogen-bond donors (Lipinski definition) is 1. The van der Waals surface area contributed by atoms with Gasteiger partial charge in [0.1, 0.15) is 6.61 Å². The van der Waals surface area contributed by atoms with Crippen LogP contribution in [0.25, 0.3) is 10.8 Å². The summed E-state index contributed by atoms with van der Waals surface area (Å²) in [4.78, 5) is 28.6. The van der Waals surface area contributed by atoms with Crippen LogP contribution < -0.4 is 10.9 Å². The second-order valence-electron chi connectivity index (χ2n) is 5.49. The Balaban J connectivity index is 1.98. The molecule has 3 rings (SSSR count). The lowest BCUT2D eigenvalue weighted by molar-refractivity contribution is -0.124. The molecule has 0 atom stereocenters. The third-order valence-corrected chi connectivity index (χ3v) is 3.71. The quantitative estimate of drug-likeness (QED) is 0.727. The van der Waals surface area contributed by atoms with Crippen molar-refractivity contribution in [1.29, 1.82) is 0 Å². The highest BCUT2D eigenvalue weighted by Crippen LogP contribution is 2.13. The number of pyridine rings is 1. The lowest BCUT2D eigenvalue weighted by Gasteiger charge is -2.11. The van der Waals surface area contributed by atoms with Crippen LogP contribution in [0.2, 0.25) is 0 Å². The van der Waals surface area contributed by atoms with Gasteiger partial charge in [0.05, 0.1) is 29.9 Å². The number of fused-ring (bicyclic) bond motifs is 1. The summed E-state index contributed by atoms with van der Waals surface area (Å²) in [7, 11) is 1.46. The lowest BCUT2D eigenvalue weighted by Crippen LogP contribution is -2.30. The minimum absolute atomic E-state index is 0.0223. The van der Waals surface area contributed by atoms with Crippen LogP contribution in [0.5, 0.6) is 0 Å². The molecule has 0 bridgehead atoms. The van der Waals surface area contributed by atoms with Crippen LogP contribution in [0.1, 0.15) is 11.4 Å². The molecule has 1 amide bonds. The van der Waals surface area contributed by atoms with Crippen molar-refractivity contribution in [3.05, 3.63) is 70.4 Å². The summed E-state index contributed by atoms with van der Waals surface area (Å²) < 4.78 is 6.18. The molecule has 0 saturated heterocycles. The molecule has 0 aliphatic heterocycles. The van der Waals surface area contributed by atoms with Crippen molar-refractivity contribution in [3.63, 3.8) is 0 Å². The first-order valence-corrected chi connectivity index (χ1v) is 7.83. The molecule has 128 valence electrons. The SMILES string of the molecule is COCC(=O)NCc1nn(Cc2ccccn2)c(=O)c2ccccc12. The average molecular weight is 338 g/mol. The minimum atomic E-state index is -0.240. The minimum Gasteiger partial charge on any atom is -0.375 e. The molecular formula is C18H18N4O3. The van der Waals surface area contributed by atoms with Gasteiger partial charge in [-0.15, -0.1) is 0 Å². The lowest BCUT2D eigenvalue weighted by atomic mass is 10.1. The number of nitrogens with one attached hydrogen (secondary N) is 1. The number of carbonyl (C=O) groups is 1. The standard InChI is InChI=1S/C18H18N4O3/c1-25-12-17(23)20-10-16-14-7-2-3-8-15(14)18(24)22(21-16)11-13-6-4-5-9-19-13/h2-9H,10-12H2,1H3,(H,20,23). The molecule has 1 N–H and O–H groups in total. The Kier molecular flexibility index (Phi) is 5.15. The van der Waals surface area contributed by atoms with E-state index in [0.29, 0.717) is 11.1 Å². The zero-order valence-corrected chi connectivity index (χ0v) is 13.8. The van der Waals surface area contributed by atoms with Crippen molar-refractivity contribution in [2.75, 3.05) is 13.7 Å². The Bertz CT molecular complexity index is 938. The molecule has 2 heterocycles. The van der Waals surface area contributed by atoms with E-state index in [2.05, 4.69) is 15.4 Å². The number of amides is 1. The summed E-state index contributed by atoms with van der Waals surface area (Å²) in [5, 5.41) is 8.47. The summed E-state index contributed by atoms with van der Waals surface area (Å²) >= 11 is 0. The van der Waals surface area contributed by atoms with E-state index < -0.39 is 0 Å². The van der Waals surface area contributed by atoms with Crippen molar-refractivity contribution in [3.8, 4) is 0 Å². The summed E-state index contributed by atoms with van der Waals surface area (Å²) in [6.07, 6.45) is 1.67. The van der Waals surface area contributed by atoms with Crippen molar-refractivity contribution < 1.29 is 9.53 Å². The molecule has 1 aromatic carbocycles. The predicted molar refractivity (Wildman–Crippen MR) is 93.1 cm³/mol. The van der Waals surface area contributed by atoms with Crippen LogP contribution in [0.4, 0.5) is 0 Å². The third-order valence-electron chi connectivity index (χ3n) is 3.71. The maximum atomic E-state index is 12.7. The third kappa shape index (κ3) is 3.89. The Morgan fingerprint density at radius 3 is 2.64 bits per heavy atom. The van der Waals surface area contributed by atoms with E-state index in [4.69, 9.17) is 4.74 Å². The molecule has 0 radical (unpaired) electrons. The number of rotatable bonds is 6. The normalized spacial score (nSPS) is 10.8. The second kappa shape index (κ2) is 7.67. The first-order valence-electron chi connectivity index (χ1n) is 7.83. The highest BCUT2D eigenvalue weighted by molar-refractivity contribution is 5.84. The van der Waals surface area contributed by atoms with E-state index in [9.17, 15) is 9.59 Å². The molecule has 2 aromatic heterocycles. The topological polar surface area (TPSA) is 86.1 Å². The van der Waals surface area contributed by atoms with Crippen LogP contribution in [0, 0.1) is 0 Å². The van der Waals surface area contributed by atoms with E-state index >= 15 is 0 Å². The molecular weight excluding hydrogens is 320 g/mol. The van der Waals surface area contributed by atoms with Gasteiger partial charge in [-0.2, -0.15) is 5.10 Å². The number of hydrogen-bond acceptors (Lipinski definition) is 5. The Morgan fingerprint density at radius 2 is 1.92 bits per heavy atom. The molecule has 7 heteroatoms. The molecule has 0 saturated carbocycles. The van der Waals surface area contributed by atoms with Gasteiger partial charge in [-0.25, -0.2) is 4.68 Å². The first-order chi connectivity index (χ1) is 12.2. The van der Waals surface area contributed by atoms with E-state index in [-0.39, 0.29) is 31.2 Å². The van der Waals surface area contributed by atoms with Gasteiger partial charge < -0.3 is 10.1 Å². The molecule has 0 unspecified atom stereocenters. The van der Waals surface area contributed by atoms with Crippen LogP contribution >= 0.6 is 0 Å². The summed E-state index contributed by atoms with van der Waals surface area (Å²) in [6, 6.07) is 12.7. The number of methoxy groups -OCH3 is 1. The largest absolute Gasteiger partial charge is 0.375 e. The fourth-order valence-corrected chi connectivity index (χ4v) is 2.55. The molecule has 25 heavy (non-hydrogen) atoms. The molecule has 3 aromatic rings. The van der Waals surface area contributed by atoms with Gasteiger partial charge in [-0.1, -0.05) is 24.3 Å². The number of carbonyl (C=O) groups excluding carboxylic acids is 1. The van der Waals surface area contributed by atoms with Gasteiger partial charge in [-0.05, 0) is 18.2 Å². The second-order valence-corrected chi connectivity index (χ2v) is 5.49. The number of aromatic nitrogens is 3. The summed E-state index contributed by atoms with van der Waals surface area (Å²) in [5.41, 5.74) is 1.17. The first kappa shape index (κ1) is 16.8. The molecule has 0 aliphatic rings. The summed E-state index contributed by atoms with van der Waals surface area (Å²) in [5.74, 6) is -0.240. The molecule has 0 spiro atoms. The van der Waals surface area contributed by atoms with Crippen LogP contribution in [0.3, 0.4) is 0 Å². The van der Waals surface area contributed by atoms with Crippen molar-refractivity contribution in [2.45, 2.75) is 13.1 Å². The van der Waals surface area contributed by atoms with Gasteiger partial charge in [0.15, 0.2) is 0 Å². The van der Waals surface area contributed by atoms with Gasteiger partial charge in [0.2, 0.25) is 5.91 Å². The zero-order valence-electron chi connectivity index (χ0n) is 13.8. The summed E-state index contributed by atoms with van der Waals surface area (Å²) in [6.45, 7) is 0.459. The highest BCUT2D eigenvalue weighted by Gasteiger charge is 2.12. The maximum Gasteiger partial charge on any atom is 0.275 e. The number of nitrogens with zero attached hydrogens (tertiary/aromatic N) is 3. The van der Waals surface area contributed by atoms with Gasteiger partial charge in [-0.3, -0.25) is 14.6 Å². The van der Waals surface area contributed by atoms with Crippen molar-refractivity contribution >= 4 is 16.7 Å². The molecule has 7 nitrogen and oxygen atoms in total. The van der Waals surface area contributed by atoms with Crippen LogP contribution in [-0.2, 0) is 22.6 Å². The average Bonchev–Trinajstić information content (AvgIpc) is 2.64. The zero-order chi connectivity index (χ0) is 17.6. The molecule has 0 aliphatic carbocycles. The smallest absolute Gasteiger partial charge is 0.275 e. The fourth-order valence-electron chi connectivity index (χ4n) is 2.55. The van der Waals surface area contributed by atoms with Crippen molar-refractivity contribution in [2.24, 2.45) is 0 Å². The van der Waals surface area contributed by atoms with Gasteiger partial charge in [0, 0.05) is 18.7 Å². The van der Waals surface area contributed by atoms with E-state index in [1.807, 2.05) is 36.4 Å². The Labute approximate surface area is 144 Å². The Hall–Kier alpha value is -3.06. The van der Waals surface area contributed by atoms with Crippen molar-refractivity contribution in [1.82, 2.24) is 20.1 Å². The number of benzene rings is 1. The van der Waals surface area contributed by atoms with Gasteiger partial charge >= 0.3 is 0 Å². The van der Waals surface area contributed by atoms with E-state index in [1.54, 1.807) is 12.3 Å².